The lowest BCUT2D eigenvalue weighted by Gasteiger charge is -2.38. The monoisotopic (exact) mass is 524 g/mol. The van der Waals surface area contributed by atoms with Gasteiger partial charge in [-0.25, -0.2) is 0 Å². The predicted molar refractivity (Wildman–Crippen MR) is 149 cm³/mol. The van der Waals surface area contributed by atoms with Crippen molar-refractivity contribution in [3.63, 3.8) is 0 Å². The van der Waals surface area contributed by atoms with Crippen LogP contribution >= 0.6 is 0 Å². The van der Waals surface area contributed by atoms with Gasteiger partial charge in [0.2, 0.25) is 5.91 Å². The number of methoxy groups -OCH3 is 1. The molecule has 0 radical (unpaired) electrons. The van der Waals surface area contributed by atoms with Crippen molar-refractivity contribution in [2.45, 2.75) is 39.3 Å². The van der Waals surface area contributed by atoms with Crippen molar-refractivity contribution in [2.75, 3.05) is 19.0 Å². The summed E-state index contributed by atoms with van der Waals surface area (Å²) in [6, 6.07) is 24.7. The molecule has 1 aliphatic heterocycles. The lowest BCUT2D eigenvalue weighted by atomic mass is 9.87. The molecule has 200 valence electrons. The van der Waals surface area contributed by atoms with Crippen LogP contribution < -0.4 is 14.8 Å². The normalized spacial score (nSPS) is 14.4. The minimum absolute atomic E-state index is 0.134. The van der Waals surface area contributed by atoms with Crippen LogP contribution in [-0.2, 0) is 17.8 Å². The van der Waals surface area contributed by atoms with Gasteiger partial charge in [0, 0.05) is 18.7 Å². The summed E-state index contributed by atoms with van der Waals surface area (Å²) in [4.78, 5) is 27.5. The molecule has 7 heteroatoms. The molecule has 39 heavy (non-hydrogen) atoms. The smallest absolute Gasteiger partial charge is 0.291 e. The van der Waals surface area contributed by atoms with Crippen molar-refractivity contribution >= 4 is 17.5 Å². The summed E-state index contributed by atoms with van der Waals surface area (Å²) >= 11 is 0. The van der Waals surface area contributed by atoms with E-state index >= 15 is 0 Å². The SMILES string of the molecule is CCC(=O)N1CCc2ccc(OCc3ccc(C(=O)Nc4ccc(OC)cc4)o3)cc2C1c1cccc(C)c1. The molecule has 1 aliphatic rings. The number of hydrogen-bond donors (Lipinski definition) is 1. The third-order valence-corrected chi connectivity index (χ3v) is 6.94. The van der Waals surface area contributed by atoms with Gasteiger partial charge in [-0.15, -0.1) is 0 Å². The highest BCUT2D eigenvalue weighted by Gasteiger charge is 2.31. The molecule has 0 saturated heterocycles. The molecule has 4 aromatic rings. The number of ether oxygens (including phenoxy) is 2. The fraction of sp³-hybridized carbons (Fsp3) is 0.250. The number of carbonyl (C=O) groups is 2. The van der Waals surface area contributed by atoms with Crippen molar-refractivity contribution in [3.05, 3.63) is 113 Å². The highest BCUT2D eigenvalue weighted by molar-refractivity contribution is 6.02. The number of furan rings is 1. The number of nitrogens with one attached hydrogen (secondary N) is 1. The molecule has 0 spiro atoms. The molecule has 1 unspecified atom stereocenters. The number of benzene rings is 3. The van der Waals surface area contributed by atoms with Crippen LogP contribution in [-0.4, -0.2) is 30.4 Å². The highest BCUT2D eigenvalue weighted by atomic mass is 16.5. The summed E-state index contributed by atoms with van der Waals surface area (Å²) < 4.78 is 17.0. The average Bonchev–Trinajstić information content (AvgIpc) is 3.44. The fourth-order valence-electron chi connectivity index (χ4n) is 4.95. The van der Waals surface area contributed by atoms with Gasteiger partial charge in [0.05, 0.1) is 13.2 Å². The number of nitrogens with zero attached hydrogens (tertiary/aromatic N) is 1. The highest BCUT2D eigenvalue weighted by Crippen LogP contribution is 2.38. The molecule has 7 nitrogen and oxygen atoms in total. The zero-order valence-corrected chi connectivity index (χ0v) is 22.4. The molecule has 2 heterocycles. The molecule has 2 amide bonds. The van der Waals surface area contributed by atoms with Crippen LogP contribution in [0.1, 0.15) is 58.0 Å². The van der Waals surface area contributed by atoms with E-state index in [2.05, 4.69) is 36.5 Å². The van der Waals surface area contributed by atoms with Crippen molar-refractivity contribution in [1.29, 1.82) is 0 Å². The molecule has 5 rings (SSSR count). The Labute approximate surface area is 228 Å². The number of aryl methyl sites for hydroxylation is 1. The van der Waals surface area contributed by atoms with Crippen LogP contribution in [0.2, 0.25) is 0 Å². The van der Waals surface area contributed by atoms with E-state index < -0.39 is 0 Å². The minimum Gasteiger partial charge on any atom is -0.497 e. The largest absolute Gasteiger partial charge is 0.497 e. The Morgan fingerprint density at radius 3 is 2.54 bits per heavy atom. The third-order valence-electron chi connectivity index (χ3n) is 6.94. The first-order valence-electron chi connectivity index (χ1n) is 13.1. The molecule has 1 N–H and O–H groups in total. The van der Waals surface area contributed by atoms with Gasteiger partial charge in [0.25, 0.3) is 5.91 Å². The lowest BCUT2D eigenvalue weighted by Crippen LogP contribution is -2.40. The first-order chi connectivity index (χ1) is 18.9. The maximum atomic E-state index is 12.9. The lowest BCUT2D eigenvalue weighted by molar-refractivity contribution is -0.132. The second-order valence-corrected chi connectivity index (χ2v) is 9.61. The number of hydrogen-bond acceptors (Lipinski definition) is 5. The molecule has 3 aromatic carbocycles. The van der Waals surface area contributed by atoms with Crippen LogP contribution in [0.15, 0.2) is 83.3 Å². The first-order valence-corrected chi connectivity index (χ1v) is 13.1. The van der Waals surface area contributed by atoms with E-state index in [1.165, 1.54) is 5.56 Å². The molecular formula is C32H32N2O5. The fourth-order valence-corrected chi connectivity index (χ4v) is 4.95. The second-order valence-electron chi connectivity index (χ2n) is 9.61. The summed E-state index contributed by atoms with van der Waals surface area (Å²) in [6.45, 7) is 4.82. The van der Waals surface area contributed by atoms with E-state index in [4.69, 9.17) is 13.9 Å². The van der Waals surface area contributed by atoms with Gasteiger partial charge in [-0.2, -0.15) is 0 Å². The van der Waals surface area contributed by atoms with Crippen LogP contribution in [0.5, 0.6) is 11.5 Å². The Morgan fingerprint density at radius 1 is 1.00 bits per heavy atom. The van der Waals surface area contributed by atoms with E-state index in [0.717, 1.165) is 23.1 Å². The topological polar surface area (TPSA) is 81.0 Å². The van der Waals surface area contributed by atoms with Crippen molar-refractivity contribution < 1.29 is 23.5 Å². The van der Waals surface area contributed by atoms with Crippen molar-refractivity contribution in [2.24, 2.45) is 0 Å². The van der Waals surface area contributed by atoms with E-state index in [1.54, 1.807) is 43.5 Å². The van der Waals surface area contributed by atoms with E-state index in [0.29, 0.717) is 35.9 Å². The number of fused-ring (bicyclic) bond motifs is 1. The summed E-state index contributed by atoms with van der Waals surface area (Å²) in [5.41, 5.74) is 5.17. The van der Waals surface area contributed by atoms with E-state index in [1.807, 2.05) is 30.0 Å². The summed E-state index contributed by atoms with van der Waals surface area (Å²) in [5.74, 6) is 1.91. The molecule has 0 fully saturated rings. The third kappa shape index (κ3) is 5.82. The van der Waals surface area contributed by atoms with E-state index in [9.17, 15) is 9.59 Å². The maximum absolute atomic E-state index is 12.9. The number of amides is 2. The van der Waals surface area contributed by atoms with Gasteiger partial charge < -0.3 is 24.1 Å². The Bertz CT molecular complexity index is 1470. The summed E-state index contributed by atoms with van der Waals surface area (Å²) in [6.07, 6.45) is 1.26. The maximum Gasteiger partial charge on any atom is 0.291 e. The molecule has 1 aromatic heterocycles. The van der Waals surface area contributed by atoms with Gasteiger partial charge in [-0.3, -0.25) is 9.59 Å². The molecule has 1 atom stereocenters. The van der Waals surface area contributed by atoms with Gasteiger partial charge in [-0.05, 0) is 78.6 Å². The molecule has 0 saturated carbocycles. The molecule has 0 bridgehead atoms. The van der Waals surface area contributed by atoms with E-state index in [-0.39, 0.29) is 30.2 Å². The summed E-state index contributed by atoms with van der Waals surface area (Å²) in [7, 11) is 1.59. The Morgan fingerprint density at radius 2 is 1.79 bits per heavy atom. The molecule has 0 aliphatic carbocycles. The standard InChI is InChI=1S/C32H32N2O5/c1-4-30(35)34-17-16-22-8-11-26(19-28(22)31(34)23-7-5-6-21(2)18-23)38-20-27-14-15-29(39-27)32(36)33-24-9-12-25(37-3)13-10-24/h5-15,18-19,31H,4,16-17,20H2,1-3H3,(H,33,36). The second kappa shape index (κ2) is 11.5. The number of anilines is 1. The number of carbonyl (C=O) groups excluding carboxylic acids is 2. The van der Waals surface area contributed by atoms with Gasteiger partial charge in [0.15, 0.2) is 5.76 Å². The Balaban J connectivity index is 1.31. The Hall–Kier alpha value is -4.52. The summed E-state index contributed by atoms with van der Waals surface area (Å²) in [5, 5.41) is 2.81. The minimum atomic E-state index is -0.345. The predicted octanol–water partition coefficient (Wildman–Crippen LogP) is 6.31. The Kier molecular flexibility index (Phi) is 7.68. The van der Waals surface area contributed by atoms with Crippen LogP contribution in [0.25, 0.3) is 0 Å². The average molecular weight is 525 g/mol. The zero-order valence-electron chi connectivity index (χ0n) is 22.4. The van der Waals surface area contributed by atoms with Crippen LogP contribution in [0, 0.1) is 6.92 Å². The quantitative estimate of drug-likeness (QED) is 0.292. The van der Waals surface area contributed by atoms with Crippen molar-refractivity contribution in [3.8, 4) is 11.5 Å². The van der Waals surface area contributed by atoms with Crippen LogP contribution in [0.4, 0.5) is 5.69 Å². The molecular weight excluding hydrogens is 492 g/mol. The van der Waals surface area contributed by atoms with Crippen molar-refractivity contribution in [1.82, 2.24) is 4.90 Å². The van der Waals surface area contributed by atoms with Crippen LogP contribution in [0.3, 0.4) is 0 Å². The first kappa shape index (κ1) is 26.1. The van der Waals surface area contributed by atoms with Gasteiger partial charge in [-0.1, -0.05) is 42.8 Å². The zero-order chi connectivity index (χ0) is 27.4. The number of rotatable bonds is 8. The van der Waals surface area contributed by atoms with Gasteiger partial charge in [0.1, 0.15) is 23.9 Å². The van der Waals surface area contributed by atoms with Gasteiger partial charge >= 0.3 is 0 Å².